The second-order valence-electron chi connectivity index (χ2n) is 6.45. The van der Waals surface area contributed by atoms with Crippen LogP contribution in [0.4, 0.5) is 0 Å². The summed E-state index contributed by atoms with van der Waals surface area (Å²) in [6.45, 7) is 2.17. The van der Waals surface area contributed by atoms with Crippen LogP contribution in [0.2, 0.25) is 0 Å². The highest BCUT2D eigenvalue weighted by Gasteiger charge is 2.42. The predicted octanol–water partition coefficient (Wildman–Crippen LogP) is 4.06. The first-order chi connectivity index (χ1) is 10.1. The minimum absolute atomic E-state index is 0.489. The van der Waals surface area contributed by atoms with Crippen molar-refractivity contribution in [1.29, 1.82) is 0 Å². The lowest BCUT2D eigenvalue weighted by molar-refractivity contribution is -0.152. The number of fused-ring (bicyclic) bond motifs is 1. The van der Waals surface area contributed by atoms with Crippen LogP contribution in [0.1, 0.15) is 38.2 Å². The van der Waals surface area contributed by atoms with E-state index in [2.05, 4.69) is 11.9 Å². The van der Waals surface area contributed by atoms with Crippen LogP contribution in [-0.2, 0) is 11.2 Å². The molecule has 1 fully saturated rings. The van der Waals surface area contributed by atoms with Gasteiger partial charge in [-0.15, -0.1) is 0 Å². The molecule has 0 amide bonds. The average molecular weight is 283 g/mol. The van der Waals surface area contributed by atoms with Gasteiger partial charge in [0.1, 0.15) is 0 Å². The lowest BCUT2D eigenvalue weighted by Crippen LogP contribution is -2.38. The SMILES string of the molecule is CC1CCCC(Cc2ccnc3ccccc23)(C(=O)O)C1. The summed E-state index contributed by atoms with van der Waals surface area (Å²) >= 11 is 0. The van der Waals surface area contributed by atoms with E-state index < -0.39 is 11.4 Å². The third-order valence-corrected chi connectivity index (χ3v) is 4.81. The molecule has 0 saturated heterocycles. The number of rotatable bonds is 3. The predicted molar refractivity (Wildman–Crippen MR) is 83.1 cm³/mol. The molecule has 1 N–H and O–H groups in total. The summed E-state index contributed by atoms with van der Waals surface area (Å²) in [5, 5.41) is 10.9. The fraction of sp³-hybridized carbons (Fsp3) is 0.444. The fourth-order valence-electron chi connectivity index (χ4n) is 3.76. The Labute approximate surface area is 125 Å². The molecule has 21 heavy (non-hydrogen) atoms. The highest BCUT2D eigenvalue weighted by atomic mass is 16.4. The first kappa shape index (κ1) is 14.1. The molecule has 1 heterocycles. The van der Waals surface area contributed by atoms with Crippen LogP contribution in [0.5, 0.6) is 0 Å². The number of aliphatic carboxylic acids is 1. The summed E-state index contributed by atoms with van der Waals surface area (Å²) < 4.78 is 0. The molecule has 0 aliphatic heterocycles. The van der Waals surface area contributed by atoms with Gasteiger partial charge in [0, 0.05) is 11.6 Å². The van der Waals surface area contributed by atoms with Gasteiger partial charge in [0.25, 0.3) is 0 Å². The number of hydrogen-bond donors (Lipinski definition) is 1. The van der Waals surface area contributed by atoms with E-state index in [4.69, 9.17) is 0 Å². The van der Waals surface area contributed by atoms with Gasteiger partial charge in [-0.3, -0.25) is 9.78 Å². The van der Waals surface area contributed by atoms with Crippen molar-refractivity contribution >= 4 is 16.9 Å². The van der Waals surface area contributed by atoms with Crippen LogP contribution in [0.25, 0.3) is 10.9 Å². The van der Waals surface area contributed by atoms with Gasteiger partial charge in [-0.2, -0.15) is 0 Å². The van der Waals surface area contributed by atoms with E-state index in [0.717, 1.165) is 42.1 Å². The maximum atomic E-state index is 11.9. The van der Waals surface area contributed by atoms with Crippen LogP contribution < -0.4 is 0 Å². The summed E-state index contributed by atoms with van der Waals surface area (Å²) in [5.41, 5.74) is 1.44. The summed E-state index contributed by atoms with van der Waals surface area (Å²) in [5.74, 6) is -0.155. The van der Waals surface area contributed by atoms with E-state index in [0.29, 0.717) is 12.3 Å². The lowest BCUT2D eigenvalue weighted by Gasteiger charge is -2.36. The second-order valence-corrected chi connectivity index (χ2v) is 6.45. The highest BCUT2D eigenvalue weighted by Crippen LogP contribution is 2.42. The van der Waals surface area contributed by atoms with Crippen LogP contribution >= 0.6 is 0 Å². The number of para-hydroxylation sites is 1. The quantitative estimate of drug-likeness (QED) is 0.924. The molecule has 0 radical (unpaired) electrons. The Morgan fingerprint density at radius 1 is 1.38 bits per heavy atom. The van der Waals surface area contributed by atoms with E-state index in [1.54, 1.807) is 6.20 Å². The molecule has 2 unspecified atom stereocenters. The molecule has 2 aromatic rings. The zero-order chi connectivity index (χ0) is 14.9. The first-order valence-corrected chi connectivity index (χ1v) is 7.67. The summed E-state index contributed by atoms with van der Waals surface area (Å²) in [6, 6.07) is 9.96. The second kappa shape index (κ2) is 5.47. The largest absolute Gasteiger partial charge is 0.481 e. The highest BCUT2D eigenvalue weighted by molar-refractivity contribution is 5.83. The van der Waals surface area contributed by atoms with Crippen LogP contribution in [0.3, 0.4) is 0 Å². The van der Waals surface area contributed by atoms with Crippen molar-refractivity contribution in [3.05, 3.63) is 42.1 Å². The number of hydrogen-bond acceptors (Lipinski definition) is 2. The molecule has 1 aromatic heterocycles. The zero-order valence-corrected chi connectivity index (χ0v) is 12.4. The van der Waals surface area contributed by atoms with E-state index >= 15 is 0 Å². The molecule has 0 spiro atoms. The Kier molecular flexibility index (Phi) is 3.66. The van der Waals surface area contributed by atoms with E-state index in [1.807, 2.05) is 30.3 Å². The Hall–Kier alpha value is -1.90. The molecule has 0 bridgehead atoms. The van der Waals surface area contributed by atoms with E-state index in [9.17, 15) is 9.90 Å². The third kappa shape index (κ3) is 2.65. The Bertz CT molecular complexity index is 662. The van der Waals surface area contributed by atoms with Gasteiger partial charge in [-0.1, -0.05) is 38.0 Å². The van der Waals surface area contributed by atoms with Crippen molar-refractivity contribution < 1.29 is 9.90 Å². The number of carboxylic acid groups (broad SMARTS) is 1. The molecule has 1 aliphatic carbocycles. The van der Waals surface area contributed by atoms with Gasteiger partial charge in [-0.25, -0.2) is 0 Å². The minimum Gasteiger partial charge on any atom is -0.481 e. The summed E-state index contributed by atoms with van der Waals surface area (Å²) in [7, 11) is 0. The monoisotopic (exact) mass is 283 g/mol. The van der Waals surface area contributed by atoms with Crippen LogP contribution in [0, 0.1) is 11.3 Å². The Morgan fingerprint density at radius 2 is 2.19 bits per heavy atom. The van der Waals surface area contributed by atoms with Crippen molar-refractivity contribution in [2.24, 2.45) is 11.3 Å². The standard InChI is InChI=1S/C18H21NO2/c1-13-5-4-9-18(11-13,17(20)21)12-14-8-10-19-16-7-3-2-6-15(14)16/h2-3,6-8,10,13H,4-5,9,11-12H2,1H3,(H,20,21). The molecule has 1 aromatic carbocycles. The smallest absolute Gasteiger partial charge is 0.309 e. The number of nitrogens with zero attached hydrogens (tertiary/aromatic N) is 1. The topological polar surface area (TPSA) is 50.2 Å². The van der Waals surface area contributed by atoms with Crippen LogP contribution in [0.15, 0.2) is 36.5 Å². The molecular weight excluding hydrogens is 262 g/mol. The van der Waals surface area contributed by atoms with Crippen molar-refractivity contribution in [3.63, 3.8) is 0 Å². The first-order valence-electron chi connectivity index (χ1n) is 7.67. The molecule has 3 nitrogen and oxygen atoms in total. The molecule has 3 rings (SSSR count). The van der Waals surface area contributed by atoms with Gasteiger partial charge < -0.3 is 5.11 Å². The summed E-state index contributed by atoms with van der Waals surface area (Å²) in [4.78, 5) is 16.3. The maximum absolute atomic E-state index is 11.9. The van der Waals surface area contributed by atoms with Crippen molar-refractivity contribution in [3.8, 4) is 0 Å². The molecule has 1 saturated carbocycles. The van der Waals surface area contributed by atoms with Crippen LogP contribution in [-0.4, -0.2) is 16.1 Å². The van der Waals surface area contributed by atoms with Gasteiger partial charge in [0.05, 0.1) is 10.9 Å². The number of pyridine rings is 1. The van der Waals surface area contributed by atoms with Gasteiger partial charge in [0.15, 0.2) is 0 Å². The fourth-order valence-corrected chi connectivity index (χ4v) is 3.76. The summed E-state index contributed by atoms with van der Waals surface area (Å²) in [6.07, 6.45) is 6.11. The average Bonchev–Trinajstić information content (AvgIpc) is 2.47. The third-order valence-electron chi connectivity index (χ3n) is 4.81. The molecule has 3 heteroatoms. The normalized spacial score (nSPS) is 25.9. The molecule has 1 aliphatic rings. The maximum Gasteiger partial charge on any atom is 0.309 e. The number of benzene rings is 1. The minimum atomic E-state index is -0.644. The Balaban J connectivity index is 2.00. The number of carboxylic acids is 1. The Morgan fingerprint density at radius 3 is 2.95 bits per heavy atom. The van der Waals surface area contributed by atoms with Gasteiger partial charge in [0.2, 0.25) is 0 Å². The molecule has 2 atom stereocenters. The van der Waals surface area contributed by atoms with E-state index in [-0.39, 0.29) is 0 Å². The zero-order valence-electron chi connectivity index (χ0n) is 12.4. The molecule has 110 valence electrons. The van der Waals surface area contributed by atoms with Gasteiger partial charge in [-0.05, 0) is 42.9 Å². The van der Waals surface area contributed by atoms with Crippen molar-refractivity contribution in [1.82, 2.24) is 4.98 Å². The van der Waals surface area contributed by atoms with Gasteiger partial charge >= 0.3 is 5.97 Å². The number of aromatic nitrogens is 1. The molecular formula is C18H21NO2. The van der Waals surface area contributed by atoms with E-state index in [1.165, 1.54) is 0 Å². The number of carbonyl (C=O) groups is 1. The van der Waals surface area contributed by atoms with Crippen molar-refractivity contribution in [2.75, 3.05) is 0 Å². The van der Waals surface area contributed by atoms with Crippen molar-refractivity contribution in [2.45, 2.75) is 39.0 Å². The lowest BCUT2D eigenvalue weighted by atomic mass is 9.67.